The van der Waals surface area contributed by atoms with E-state index < -0.39 is 0 Å². The van der Waals surface area contributed by atoms with Crippen LogP contribution >= 0.6 is 0 Å². The first-order valence-corrected chi connectivity index (χ1v) is 15.8. The van der Waals surface area contributed by atoms with Gasteiger partial charge >= 0.3 is 0 Å². The van der Waals surface area contributed by atoms with E-state index >= 15 is 0 Å². The molecule has 0 aliphatic heterocycles. The van der Waals surface area contributed by atoms with Crippen LogP contribution < -0.4 is 4.90 Å². The minimum absolute atomic E-state index is 1.11. The first kappa shape index (κ1) is 26.3. The molecule has 0 saturated heterocycles. The fourth-order valence-corrected chi connectivity index (χ4v) is 6.96. The third-order valence-electron chi connectivity index (χ3n) is 9.15. The monoisotopic (exact) mass is 586 g/mol. The van der Waals surface area contributed by atoms with Crippen LogP contribution in [-0.2, 0) is 0 Å². The molecule has 0 amide bonds. The van der Waals surface area contributed by atoms with E-state index in [1.807, 2.05) is 0 Å². The molecule has 0 saturated carbocycles. The van der Waals surface area contributed by atoms with Crippen LogP contribution in [0.5, 0.6) is 0 Å². The summed E-state index contributed by atoms with van der Waals surface area (Å²) in [4.78, 5) is 2.33. The third kappa shape index (κ3) is 4.35. The van der Waals surface area contributed by atoms with E-state index in [0.29, 0.717) is 0 Å². The van der Waals surface area contributed by atoms with E-state index in [9.17, 15) is 0 Å². The molecule has 1 aromatic heterocycles. The summed E-state index contributed by atoms with van der Waals surface area (Å²) in [7, 11) is 0. The molecule has 0 aliphatic rings. The molecule has 1 heterocycles. The molecule has 0 spiro atoms. The fourth-order valence-electron chi connectivity index (χ4n) is 6.96. The highest BCUT2D eigenvalue weighted by Crippen LogP contribution is 2.39. The minimum atomic E-state index is 1.11. The predicted octanol–water partition coefficient (Wildman–Crippen LogP) is 12.2. The highest BCUT2D eigenvalue weighted by molar-refractivity contribution is 6.21. The Bertz CT molecular complexity index is 2510. The van der Waals surface area contributed by atoms with Gasteiger partial charge in [-0.1, -0.05) is 115 Å². The van der Waals surface area contributed by atoms with Crippen molar-refractivity contribution in [1.29, 1.82) is 0 Å². The summed E-state index contributed by atoms with van der Waals surface area (Å²) >= 11 is 0. The van der Waals surface area contributed by atoms with E-state index in [-0.39, 0.29) is 0 Å². The van der Waals surface area contributed by atoms with Crippen LogP contribution in [0.25, 0.3) is 60.2 Å². The van der Waals surface area contributed by atoms with Crippen molar-refractivity contribution in [3.8, 4) is 16.8 Å². The van der Waals surface area contributed by atoms with Gasteiger partial charge < -0.3 is 9.47 Å². The standard InChI is InChI=1S/C44H30N2/c1-2-13-36(14-3-1)45(37-23-20-32(21-24-37)35-19-18-31-10-4-5-12-34(31)30-35)38-25-27-39(28-26-38)46-42-17-9-8-16-41(42)44-40-15-7-6-11-33(40)22-29-43(44)46/h1-30H. The van der Waals surface area contributed by atoms with Gasteiger partial charge in [0.1, 0.15) is 0 Å². The smallest absolute Gasteiger partial charge is 0.0547 e. The first-order valence-electron chi connectivity index (χ1n) is 15.8. The van der Waals surface area contributed by atoms with Crippen molar-refractivity contribution in [1.82, 2.24) is 4.57 Å². The molecular formula is C44H30N2. The minimum Gasteiger partial charge on any atom is -0.311 e. The van der Waals surface area contributed by atoms with Crippen LogP contribution in [0.1, 0.15) is 0 Å². The summed E-state index contributed by atoms with van der Waals surface area (Å²) in [6.45, 7) is 0. The summed E-state index contributed by atoms with van der Waals surface area (Å²) in [6, 6.07) is 65.6. The summed E-state index contributed by atoms with van der Waals surface area (Å²) in [5.74, 6) is 0. The fraction of sp³-hybridized carbons (Fsp3) is 0. The second kappa shape index (κ2) is 10.8. The predicted molar refractivity (Wildman–Crippen MR) is 196 cm³/mol. The van der Waals surface area contributed by atoms with Gasteiger partial charge in [0, 0.05) is 33.5 Å². The molecule has 2 nitrogen and oxygen atoms in total. The van der Waals surface area contributed by atoms with E-state index in [2.05, 4.69) is 191 Å². The highest BCUT2D eigenvalue weighted by Gasteiger charge is 2.16. The molecule has 46 heavy (non-hydrogen) atoms. The van der Waals surface area contributed by atoms with Crippen LogP contribution in [0, 0.1) is 0 Å². The van der Waals surface area contributed by atoms with E-state index in [1.165, 1.54) is 54.5 Å². The number of nitrogens with zero attached hydrogens (tertiary/aromatic N) is 2. The van der Waals surface area contributed by atoms with Crippen LogP contribution in [0.3, 0.4) is 0 Å². The molecule has 0 atom stereocenters. The van der Waals surface area contributed by atoms with Crippen LogP contribution in [0.4, 0.5) is 17.1 Å². The first-order chi connectivity index (χ1) is 22.8. The summed E-state index contributed by atoms with van der Waals surface area (Å²) in [5, 5.41) is 7.64. The zero-order chi connectivity index (χ0) is 30.5. The van der Waals surface area contributed by atoms with Gasteiger partial charge in [0.05, 0.1) is 11.0 Å². The zero-order valence-corrected chi connectivity index (χ0v) is 25.2. The van der Waals surface area contributed by atoms with Gasteiger partial charge in [0.2, 0.25) is 0 Å². The maximum absolute atomic E-state index is 2.39. The molecule has 0 radical (unpaired) electrons. The van der Waals surface area contributed by atoms with Crippen molar-refractivity contribution < 1.29 is 0 Å². The molecular weight excluding hydrogens is 556 g/mol. The van der Waals surface area contributed by atoms with Gasteiger partial charge in [-0.25, -0.2) is 0 Å². The maximum Gasteiger partial charge on any atom is 0.0547 e. The van der Waals surface area contributed by atoms with Gasteiger partial charge in [-0.15, -0.1) is 0 Å². The van der Waals surface area contributed by atoms with Crippen molar-refractivity contribution >= 4 is 60.4 Å². The quantitative estimate of drug-likeness (QED) is 0.195. The number of hydrogen-bond donors (Lipinski definition) is 0. The summed E-state index contributed by atoms with van der Waals surface area (Å²) in [6.07, 6.45) is 0. The van der Waals surface area contributed by atoms with Crippen molar-refractivity contribution in [3.63, 3.8) is 0 Å². The van der Waals surface area contributed by atoms with Gasteiger partial charge in [0.25, 0.3) is 0 Å². The zero-order valence-electron chi connectivity index (χ0n) is 25.2. The summed E-state index contributed by atoms with van der Waals surface area (Å²) in [5.41, 5.74) is 9.35. The Hall–Kier alpha value is -6.12. The highest BCUT2D eigenvalue weighted by atomic mass is 15.1. The molecule has 2 heteroatoms. The maximum atomic E-state index is 2.39. The summed E-state index contributed by atoms with van der Waals surface area (Å²) < 4.78 is 2.39. The number of fused-ring (bicyclic) bond motifs is 6. The largest absolute Gasteiger partial charge is 0.311 e. The van der Waals surface area contributed by atoms with Crippen molar-refractivity contribution in [2.24, 2.45) is 0 Å². The molecule has 216 valence electrons. The molecule has 0 aliphatic carbocycles. The Morgan fingerprint density at radius 1 is 0.348 bits per heavy atom. The normalized spacial score (nSPS) is 11.5. The lowest BCUT2D eigenvalue weighted by molar-refractivity contribution is 1.17. The Balaban J connectivity index is 1.13. The lowest BCUT2D eigenvalue weighted by Crippen LogP contribution is -2.10. The Morgan fingerprint density at radius 3 is 1.70 bits per heavy atom. The van der Waals surface area contributed by atoms with Crippen LogP contribution in [0.15, 0.2) is 182 Å². The van der Waals surface area contributed by atoms with Crippen LogP contribution in [0.2, 0.25) is 0 Å². The molecule has 0 fully saturated rings. The van der Waals surface area contributed by atoms with Crippen molar-refractivity contribution in [2.75, 3.05) is 4.90 Å². The average molecular weight is 587 g/mol. The molecule has 0 N–H and O–H groups in total. The SMILES string of the molecule is c1ccc(N(c2ccc(-c3ccc4ccccc4c3)cc2)c2ccc(-n3c4ccccc4c4c5ccccc5ccc43)cc2)cc1. The number of para-hydroxylation sites is 2. The second-order valence-corrected chi connectivity index (χ2v) is 11.8. The van der Waals surface area contributed by atoms with Crippen molar-refractivity contribution in [3.05, 3.63) is 182 Å². The lowest BCUT2D eigenvalue weighted by atomic mass is 10.0. The number of rotatable bonds is 5. The molecule has 9 aromatic rings. The van der Waals surface area contributed by atoms with E-state index in [1.54, 1.807) is 0 Å². The topological polar surface area (TPSA) is 8.17 Å². The lowest BCUT2D eigenvalue weighted by Gasteiger charge is -2.26. The van der Waals surface area contributed by atoms with Crippen molar-refractivity contribution in [2.45, 2.75) is 0 Å². The number of anilines is 3. The number of benzene rings is 8. The second-order valence-electron chi connectivity index (χ2n) is 11.8. The van der Waals surface area contributed by atoms with E-state index in [4.69, 9.17) is 0 Å². The molecule has 8 aromatic carbocycles. The number of hydrogen-bond acceptors (Lipinski definition) is 1. The van der Waals surface area contributed by atoms with E-state index in [0.717, 1.165) is 22.7 Å². The van der Waals surface area contributed by atoms with Crippen LogP contribution in [-0.4, -0.2) is 4.57 Å². The average Bonchev–Trinajstić information content (AvgIpc) is 3.47. The molecule has 0 bridgehead atoms. The number of aromatic nitrogens is 1. The molecule has 9 rings (SSSR count). The molecule has 0 unspecified atom stereocenters. The van der Waals surface area contributed by atoms with Gasteiger partial charge in [0.15, 0.2) is 0 Å². The third-order valence-corrected chi connectivity index (χ3v) is 9.15. The van der Waals surface area contributed by atoms with Gasteiger partial charge in [-0.05, 0) is 99.4 Å². The van der Waals surface area contributed by atoms with Gasteiger partial charge in [-0.2, -0.15) is 0 Å². The Labute approximate surface area is 268 Å². The van der Waals surface area contributed by atoms with Gasteiger partial charge in [-0.3, -0.25) is 0 Å². The Kier molecular flexibility index (Phi) is 6.17. The Morgan fingerprint density at radius 2 is 0.913 bits per heavy atom.